The molecule has 0 aliphatic heterocycles. The van der Waals surface area contributed by atoms with E-state index in [1.807, 2.05) is 19.1 Å². The number of aromatic nitrogens is 2. The Bertz CT molecular complexity index is 622. The number of hydrogen-bond donors (Lipinski definition) is 2. The Morgan fingerprint density at radius 1 is 1.32 bits per heavy atom. The minimum absolute atomic E-state index is 0.0414. The lowest BCUT2D eigenvalue weighted by molar-refractivity contribution is -0.132. The molecular formula is C17H23N3O2. The first-order valence-corrected chi connectivity index (χ1v) is 7.53. The van der Waals surface area contributed by atoms with Crippen molar-refractivity contribution in [1.29, 1.82) is 0 Å². The third kappa shape index (κ3) is 4.18. The van der Waals surface area contributed by atoms with Gasteiger partial charge in [0.2, 0.25) is 5.91 Å². The first kappa shape index (κ1) is 16.2. The Kier molecular flexibility index (Phi) is 5.72. The van der Waals surface area contributed by atoms with Crippen molar-refractivity contribution in [2.75, 3.05) is 13.2 Å². The van der Waals surface area contributed by atoms with Crippen molar-refractivity contribution in [3.05, 3.63) is 53.1 Å². The number of nitrogens with one attached hydrogen (secondary N) is 1. The number of rotatable bonds is 7. The van der Waals surface area contributed by atoms with Crippen LogP contribution in [-0.2, 0) is 17.8 Å². The molecule has 0 saturated heterocycles. The summed E-state index contributed by atoms with van der Waals surface area (Å²) in [6.45, 7) is 4.70. The second kappa shape index (κ2) is 7.75. The fourth-order valence-electron chi connectivity index (χ4n) is 2.43. The van der Waals surface area contributed by atoms with E-state index in [0.717, 1.165) is 11.4 Å². The fraction of sp³-hybridized carbons (Fsp3) is 0.412. The van der Waals surface area contributed by atoms with Crippen molar-refractivity contribution in [2.45, 2.75) is 33.2 Å². The Morgan fingerprint density at radius 2 is 2.09 bits per heavy atom. The van der Waals surface area contributed by atoms with Crippen LogP contribution < -0.4 is 0 Å². The van der Waals surface area contributed by atoms with E-state index in [4.69, 9.17) is 0 Å². The Hall–Kier alpha value is -2.14. The molecule has 1 heterocycles. The first-order valence-electron chi connectivity index (χ1n) is 7.53. The molecule has 118 valence electrons. The van der Waals surface area contributed by atoms with Crippen LogP contribution in [0.5, 0.6) is 0 Å². The van der Waals surface area contributed by atoms with E-state index in [2.05, 4.69) is 29.0 Å². The van der Waals surface area contributed by atoms with Crippen LogP contribution in [0.3, 0.4) is 0 Å². The molecule has 0 fully saturated rings. The van der Waals surface area contributed by atoms with Crippen molar-refractivity contribution in [3.8, 4) is 0 Å². The first-order chi connectivity index (χ1) is 10.6. The molecule has 0 spiro atoms. The molecule has 0 aliphatic rings. The Balaban J connectivity index is 1.97. The van der Waals surface area contributed by atoms with Crippen molar-refractivity contribution in [2.24, 2.45) is 0 Å². The average molecular weight is 301 g/mol. The van der Waals surface area contributed by atoms with Crippen molar-refractivity contribution >= 4 is 5.91 Å². The summed E-state index contributed by atoms with van der Waals surface area (Å²) in [5.41, 5.74) is 4.19. The molecule has 0 radical (unpaired) electrons. The molecule has 1 aromatic carbocycles. The van der Waals surface area contributed by atoms with Crippen molar-refractivity contribution in [3.63, 3.8) is 0 Å². The third-order valence-electron chi connectivity index (χ3n) is 3.87. The lowest BCUT2D eigenvalue weighted by Crippen LogP contribution is -2.33. The third-order valence-corrected chi connectivity index (χ3v) is 3.87. The summed E-state index contributed by atoms with van der Waals surface area (Å²) in [6.07, 6.45) is 2.78. The van der Waals surface area contributed by atoms with Gasteiger partial charge in [-0.3, -0.25) is 4.79 Å². The monoisotopic (exact) mass is 301 g/mol. The highest BCUT2D eigenvalue weighted by molar-refractivity contribution is 5.76. The van der Waals surface area contributed by atoms with Gasteiger partial charge in [0, 0.05) is 18.7 Å². The van der Waals surface area contributed by atoms with Gasteiger partial charge in [-0.15, -0.1) is 0 Å². The molecule has 2 aromatic rings. The minimum Gasteiger partial charge on any atom is -0.395 e. The van der Waals surface area contributed by atoms with Gasteiger partial charge in [0.15, 0.2) is 0 Å². The number of carbonyl (C=O) groups excluding carboxylic acids is 1. The molecule has 5 heteroatoms. The van der Waals surface area contributed by atoms with E-state index < -0.39 is 0 Å². The summed E-state index contributed by atoms with van der Waals surface area (Å²) in [5.74, 6) is 0.0414. The smallest absolute Gasteiger partial charge is 0.223 e. The summed E-state index contributed by atoms with van der Waals surface area (Å²) >= 11 is 0. The van der Waals surface area contributed by atoms with Crippen molar-refractivity contribution in [1.82, 2.24) is 14.9 Å². The molecule has 1 amide bonds. The lowest BCUT2D eigenvalue weighted by atomic mass is 10.0. The second-order valence-electron chi connectivity index (χ2n) is 5.44. The van der Waals surface area contributed by atoms with Crippen molar-refractivity contribution < 1.29 is 9.90 Å². The fourth-order valence-corrected chi connectivity index (χ4v) is 2.43. The summed E-state index contributed by atoms with van der Waals surface area (Å²) in [4.78, 5) is 21.3. The SMILES string of the molecule is Cc1ccccc1CCC(=O)N(CCO)Cc1nc[nH]c1C. The molecule has 2 N–H and O–H groups in total. The van der Waals surface area contributed by atoms with E-state index in [1.54, 1.807) is 11.2 Å². The number of benzene rings is 1. The van der Waals surface area contributed by atoms with E-state index >= 15 is 0 Å². The number of aliphatic hydroxyl groups excluding tert-OH is 1. The zero-order valence-corrected chi connectivity index (χ0v) is 13.2. The van der Waals surface area contributed by atoms with Crippen LogP contribution in [0, 0.1) is 13.8 Å². The van der Waals surface area contributed by atoms with Gasteiger partial charge in [-0.05, 0) is 31.4 Å². The maximum absolute atomic E-state index is 12.4. The highest BCUT2D eigenvalue weighted by atomic mass is 16.3. The predicted molar refractivity (Wildman–Crippen MR) is 85.3 cm³/mol. The number of nitrogens with zero attached hydrogens (tertiary/aromatic N) is 2. The number of carbonyl (C=O) groups is 1. The van der Waals surface area contributed by atoms with Gasteiger partial charge in [-0.1, -0.05) is 24.3 Å². The molecule has 2 rings (SSSR count). The quantitative estimate of drug-likeness (QED) is 0.821. The highest BCUT2D eigenvalue weighted by Crippen LogP contribution is 2.12. The zero-order valence-electron chi connectivity index (χ0n) is 13.2. The lowest BCUT2D eigenvalue weighted by Gasteiger charge is -2.21. The number of aryl methyl sites for hydroxylation is 3. The van der Waals surface area contributed by atoms with Gasteiger partial charge in [-0.25, -0.2) is 4.98 Å². The molecule has 0 aliphatic carbocycles. The molecule has 0 atom stereocenters. The van der Waals surface area contributed by atoms with E-state index in [0.29, 0.717) is 25.9 Å². The number of amides is 1. The maximum Gasteiger partial charge on any atom is 0.223 e. The Labute approximate surface area is 131 Å². The normalized spacial score (nSPS) is 10.7. The summed E-state index contributed by atoms with van der Waals surface area (Å²) in [6, 6.07) is 8.10. The van der Waals surface area contributed by atoms with Crippen LogP contribution in [0.1, 0.15) is 28.9 Å². The van der Waals surface area contributed by atoms with E-state index in [-0.39, 0.29) is 12.5 Å². The number of aromatic amines is 1. The molecule has 5 nitrogen and oxygen atoms in total. The van der Waals surface area contributed by atoms with Crippen LogP contribution in [0.2, 0.25) is 0 Å². The summed E-state index contributed by atoms with van der Waals surface area (Å²) in [7, 11) is 0. The average Bonchev–Trinajstić information content (AvgIpc) is 2.91. The van der Waals surface area contributed by atoms with Gasteiger partial charge in [0.1, 0.15) is 0 Å². The topological polar surface area (TPSA) is 69.2 Å². The van der Waals surface area contributed by atoms with Crippen LogP contribution in [0.25, 0.3) is 0 Å². The summed E-state index contributed by atoms with van der Waals surface area (Å²) in [5, 5.41) is 9.19. The Morgan fingerprint density at radius 3 is 2.73 bits per heavy atom. The summed E-state index contributed by atoms with van der Waals surface area (Å²) < 4.78 is 0. The number of H-pyrrole nitrogens is 1. The van der Waals surface area contributed by atoms with Gasteiger partial charge >= 0.3 is 0 Å². The zero-order chi connectivity index (χ0) is 15.9. The van der Waals surface area contributed by atoms with Crippen LogP contribution >= 0.6 is 0 Å². The predicted octanol–water partition coefficient (Wildman–Crippen LogP) is 1.98. The highest BCUT2D eigenvalue weighted by Gasteiger charge is 2.16. The number of hydrogen-bond acceptors (Lipinski definition) is 3. The maximum atomic E-state index is 12.4. The van der Waals surface area contributed by atoms with Crippen LogP contribution in [-0.4, -0.2) is 39.0 Å². The standard InChI is InChI=1S/C17H23N3O2/c1-13-5-3-4-6-15(13)7-8-17(22)20(9-10-21)11-16-14(2)18-12-19-16/h3-6,12,21H,7-11H2,1-2H3,(H,18,19). The number of imidazole rings is 1. The second-order valence-corrected chi connectivity index (χ2v) is 5.44. The number of aliphatic hydroxyl groups is 1. The molecule has 0 saturated carbocycles. The van der Waals surface area contributed by atoms with E-state index in [9.17, 15) is 9.90 Å². The molecule has 0 unspecified atom stereocenters. The van der Waals surface area contributed by atoms with Gasteiger partial charge < -0.3 is 15.0 Å². The molecular weight excluding hydrogens is 278 g/mol. The molecule has 0 bridgehead atoms. The van der Waals surface area contributed by atoms with Gasteiger partial charge in [0.25, 0.3) is 0 Å². The van der Waals surface area contributed by atoms with Crippen LogP contribution in [0.4, 0.5) is 0 Å². The van der Waals surface area contributed by atoms with E-state index in [1.165, 1.54) is 11.1 Å². The van der Waals surface area contributed by atoms with Crippen LogP contribution in [0.15, 0.2) is 30.6 Å². The minimum atomic E-state index is -0.0421. The largest absolute Gasteiger partial charge is 0.395 e. The van der Waals surface area contributed by atoms with Gasteiger partial charge in [-0.2, -0.15) is 0 Å². The molecule has 1 aromatic heterocycles. The molecule has 22 heavy (non-hydrogen) atoms. The van der Waals surface area contributed by atoms with Gasteiger partial charge in [0.05, 0.1) is 25.2 Å².